The number of rotatable bonds is 4. The first-order chi connectivity index (χ1) is 17.4. The van der Waals surface area contributed by atoms with Gasteiger partial charge in [-0.25, -0.2) is 9.59 Å². The van der Waals surface area contributed by atoms with E-state index in [1.165, 1.54) is 11.1 Å². The first-order valence-electron chi connectivity index (χ1n) is 11.5. The molecule has 194 valence electrons. The Morgan fingerprint density at radius 2 is 1.46 bits per heavy atom. The fraction of sp³-hybridized carbons (Fsp3) is 0.214. The summed E-state index contributed by atoms with van der Waals surface area (Å²) < 4.78 is 33.4. The third-order valence-electron chi connectivity index (χ3n) is 5.68. The molecule has 0 aliphatic rings. The van der Waals surface area contributed by atoms with E-state index in [0.717, 1.165) is 27.8 Å². The number of alkyl halides is 3. The Balaban J connectivity index is 0.000000479. The van der Waals surface area contributed by atoms with Gasteiger partial charge in [0.15, 0.2) is 0 Å². The number of hydrogen-bond acceptors (Lipinski definition) is 3. The van der Waals surface area contributed by atoms with Crippen molar-refractivity contribution in [2.24, 2.45) is 0 Å². The number of halogens is 3. The molecule has 0 unspecified atom stereocenters. The molecule has 0 radical (unpaired) electrons. The molecule has 0 bridgehead atoms. The number of aliphatic carboxylic acids is 1. The fourth-order valence-electron chi connectivity index (χ4n) is 3.83. The van der Waals surface area contributed by atoms with Crippen LogP contribution in [-0.4, -0.2) is 41.9 Å². The van der Waals surface area contributed by atoms with Crippen LogP contribution in [0.5, 0.6) is 0 Å². The molecular formula is C28H28F3N3O3. The maximum Gasteiger partial charge on any atom is 0.490 e. The van der Waals surface area contributed by atoms with E-state index >= 15 is 0 Å². The summed E-state index contributed by atoms with van der Waals surface area (Å²) in [7, 11) is 3.99. The zero-order valence-electron chi connectivity index (χ0n) is 20.9. The summed E-state index contributed by atoms with van der Waals surface area (Å²) in [4.78, 5) is 24.1. The molecule has 0 aliphatic carbocycles. The van der Waals surface area contributed by atoms with Gasteiger partial charge in [0, 0.05) is 42.6 Å². The van der Waals surface area contributed by atoms with Crippen molar-refractivity contribution >= 4 is 34.3 Å². The van der Waals surface area contributed by atoms with Gasteiger partial charge in [-0.1, -0.05) is 56.3 Å². The van der Waals surface area contributed by atoms with Crippen molar-refractivity contribution in [3.63, 3.8) is 0 Å². The molecule has 4 aromatic rings. The highest BCUT2D eigenvalue weighted by molar-refractivity contribution is 6.05. The van der Waals surface area contributed by atoms with Gasteiger partial charge in [-0.2, -0.15) is 13.2 Å². The SMILES string of the molecule is CC(C)c1ccccc1-c1cn(C(=O)Nc2ccc(N(C)C)cc2)c2ccccc12.O=C(O)C(F)(F)F. The third-order valence-corrected chi connectivity index (χ3v) is 5.68. The molecule has 0 atom stereocenters. The highest BCUT2D eigenvalue weighted by Gasteiger charge is 2.38. The fourth-order valence-corrected chi connectivity index (χ4v) is 3.83. The van der Waals surface area contributed by atoms with Crippen LogP contribution in [0, 0.1) is 0 Å². The van der Waals surface area contributed by atoms with Crippen molar-refractivity contribution in [2.75, 3.05) is 24.3 Å². The number of nitrogens with zero attached hydrogens (tertiary/aromatic N) is 2. The molecule has 37 heavy (non-hydrogen) atoms. The molecule has 0 saturated heterocycles. The average Bonchev–Trinajstić information content (AvgIpc) is 3.24. The zero-order valence-corrected chi connectivity index (χ0v) is 20.9. The molecule has 0 spiro atoms. The lowest BCUT2D eigenvalue weighted by Gasteiger charge is -2.13. The Labute approximate surface area is 212 Å². The number of benzene rings is 3. The molecular weight excluding hydrogens is 483 g/mol. The summed E-state index contributed by atoms with van der Waals surface area (Å²) in [5, 5.41) is 11.2. The van der Waals surface area contributed by atoms with E-state index in [4.69, 9.17) is 9.90 Å². The van der Waals surface area contributed by atoms with Crippen LogP contribution >= 0.6 is 0 Å². The average molecular weight is 512 g/mol. The number of nitrogens with one attached hydrogen (secondary N) is 1. The second-order valence-corrected chi connectivity index (χ2v) is 8.85. The highest BCUT2D eigenvalue weighted by atomic mass is 19.4. The molecule has 3 aromatic carbocycles. The number of carbonyl (C=O) groups excluding carboxylic acids is 1. The number of para-hydroxylation sites is 1. The molecule has 6 nitrogen and oxygen atoms in total. The van der Waals surface area contributed by atoms with Crippen LogP contribution in [0.25, 0.3) is 22.0 Å². The zero-order chi connectivity index (χ0) is 27.3. The Hall–Kier alpha value is -4.27. The van der Waals surface area contributed by atoms with E-state index in [-0.39, 0.29) is 6.03 Å². The first kappa shape index (κ1) is 27.3. The summed E-state index contributed by atoms with van der Waals surface area (Å²) in [5.74, 6) is -2.36. The van der Waals surface area contributed by atoms with Crippen LogP contribution < -0.4 is 10.2 Å². The van der Waals surface area contributed by atoms with Gasteiger partial charge in [-0.3, -0.25) is 4.57 Å². The molecule has 0 fully saturated rings. The summed E-state index contributed by atoms with van der Waals surface area (Å²) in [6, 6.07) is 24.2. The van der Waals surface area contributed by atoms with Gasteiger partial charge in [0.05, 0.1) is 5.52 Å². The van der Waals surface area contributed by atoms with E-state index in [0.29, 0.717) is 5.92 Å². The smallest absolute Gasteiger partial charge is 0.475 e. The highest BCUT2D eigenvalue weighted by Crippen LogP contribution is 2.35. The minimum Gasteiger partial charge on any atom is -0.475 e. The van der Waals surface area contributed by atoms with Crippen molar-refractivity contribution in [2.45, 2.75) is 25.9 Å². The van der Waals surface area contributed by atoms with Gasteiger partial charge in [0.25, 0.3) is 0 Å². The van der Waals surface area contributed by atoms with Gasteiger partial charge in [-0.05, 0) is 47.4 Å². The lowest BCUT2D eigenvalue weighted by molar-refractivity contribution is -0.192. The summed E-state index contributed by atoms with van der Waals surface area (Å²) in [6.07, 6.45) is -3.13. The number of carboxylic acid groups (broad SMARTS) is 1. The van der Waals surface area contributed by atoms with Crippen molar-refractivity contribution in [1.29, 1.82) is 0 Å². The maximum absolute atomic E-state index is 13.2. The summed E-state index contributed by atoms with van der Waals surface area (Å²) in [6.45, 7) is 4.39. The normalized spacial score (nSPS) is 11.1. The van der Waals surface area contributed by atoms with Gasteiger partial charge in [0.1, 0.15) is 0 Å². The Morgan fingerprint density at radius 1 is 0.892 bits per heavy atom. The summed E-state index contributed by atoms with van der Waals surface area (Å²) >= 11 is 0. The van der Waals surface area contributed by atoms with E-state index in [9.17, 15) is 18.0 Å². The predicted octanol–water partition coefficient (Wildman–Crippen LogP) is 7.21. The number of carbonyl (C=O) groups is 2. The van der Waals surface area contributed by atoms with Crippen LogP contribution in [0.4, 0.5) is 29.3 Å². The molecule has 2 N–H and O–H groups in total. The Kier molecular flexibility index (Phi) is 8.27. The molecule has 4 rings (SSSR count). The molecule has 1 heterocycles. The van der Waals surface area contributed by atoms with E-state index in [1.807, 2.05) is 67.7 Å². The standard InChI is InChI=1S/C26H27N3O.C2HF3O2/c1-18(2)21-9-5-6-10-22(21)24-17-29(25-12-8-7-11-23(24)25)26(30)27-19-13-15-20(16-14-19)28(3)4;3-2(4,5)1(6)7/h5-18H,1-4H3,(H,27,30);(H,6,7). The van der Waals surface area contributed by atoms with E-state index in [1.54, 1.807) is 4.57 Å². The number of anilines is 2. The van der Waals surface area contributed by atoms with Crippen LogP contribution in [0.3, 0.4) is 0 Å². The molecule has 1 aromatic heterocycles. The van der Waals surface area contributed by atoms with Crippen LogP contribution in [0.2, 0.25) is 0 Å². The molecule has 0 aliphatic heterocycles. The molecule has 9 heteroatoms. The van der Waals surface area contributed by atoms with E-state index in [2.05, 4.69) is 49.5 Å². The lowest BCUT2D eigenvalue weighted by Crippen LogP contribution is -2.21. The first-order valence-corrected chi connectivity index (χ1v) is 11.5. The van der Waals surface area contributed by atoms with Crippen molar-refractivity contribution in [3.8, 4) is 11.1 Å². The third kappa shape index (κ3) is 6.49. The van der Waals surface area contributed by atoms with Crippen LogP contribution in [0.15, 0.2) is 79.0 Å². The maximum atomic E-state index is 13.2. The van der Waals surface area contributed by atoms with Crippen LogP contribution in [0.1, 0.15) is 25.3 Å². The largest absolute Gasteiger partial charge is 0.490 e. The van der Waals surface area contributed by atoms with Crippen molar-refractivity contribution in [3.05, 3.63) is 84.6 Å². The van der Waals surface area contributed by atoms with Gasteiger partial charge in [-0.15, -0.1) is 0 Å². The van der Waals surface area contributed by atoms with Crippen molar-refractivity contribution < 1.29 is 27.9 Å². The van der Waals surface area contributed by atoms with Gasteiger partial charge >= 0.3 is 18.2 Å². The summed E-state index contributed by atoms with van der Waals surface area (Å²) in [5.41, 5.74) is 6.28. The van der Waals surface area contributed by atoms with Crippen molar-refractivity contribution in [1.82, 2.24) is 4.57 Å². The van der Waals surface area contributed by atoms with E-state index < -0.39 is 12.1 Å². The molecule has 1 amide bonds. The van der Waals surface area contributed by atoms with Crippen LogP contribution in [-0.2, 0) is 4.79 Å². The second-order valence-electron chi connectivity index (χ2n) is 8.85. The number of amides is 1. The quantitative estimate of drug-likeness (QED) is 0.304. The number of carboxylic acids is 1. The number of fused-ring (bicyclic) bond motifs is 1. The number of hydrogen-bond donors (Lipinski definition) is 2. The number of aromatic nitrogens is 1. The predicted molar refractivity (Wildman–Crippen MR) is 140 cm³/mol. The Bertz CT molecular complexity index is 1390. The monoisotopic (exact) mass is 511 g/mol. The minimum atomic E-state index is -5.08. The van der Waals surface area contributed by atoms with Gasteiger partial charge in [0.2, 0.25) is 0 Å². The second kappa shape index (κ2) is 11.2. The minimum absolute atomic E-state index is 0.169. The topological polar surface area (TPSA) is 74.6 Å². The van der Waals surface area contributed by atoms with Gasteiger partial charge < -0.3 is 15.3 Å². The Morgan fingerprint density at radius 3 is 2.03 bits per heavy atom. The lowest BCUT2D eigenvalue weighted by atomic mass is 9.92. The molecule has 0 saturated carbocycles.